The predicted molar refractivity (Wildman–Crippen MR) is 69.7 cm³/mol. The Bertz CT molecular complexity index is 491. The number of nitrogens with zero attached hydrogens (tertiary/aromatic N) is 3. The first-order chi connectivity index (χ1) is 9.10. The van der Waals surface area contributed by atoms with Crippen LogP contribution in [-0.4, -0.2) is 46.0 Å². The molecule has 0 unspecified atom stereocenters. The Kier molecular flexibility index (Phi) is 2.97. The molecule has 2 aliphatic rings. The second-order valence-corrected chi connectivity index (χ2v) is 5.54. The zero-order chi connectivity index (χ0) is 13.5. The van der Waals surface area contributed by atoms with Gasteiger partial charge in [-0.3, -0.25) is 9.58 Å². The van der Waals surface area contributed by atoms with Crippen molar-refractivity contribution in [3.8, 4) is 0 Å². The van der Waals surface area contributed by atoms with Crippen molar-refractivity contribution in [3.63, 3.8) is 0 Å². The summed E-state index contributed by atoms with van der Waals surface area (Å²) >= 11 is 0. The molecule has 2 saturated heterocycles. The standard InChI is InChI=1S/C13H20N4O2/c1-10-11(7-15-16(10)2)8-17-9-13(19-12(17)18)3-5-14-6-4-13/h7,14H,3-6,8-9H2,1-2H3. The fourth-order valence-electron chi connectivity index (χ4n) is 2.86. The number of aromatic nitrogens is 2. The third-order valence-corrected chi connectivity index (χ3v) is 4.25. The molecule has 0 aromatic carbocycles. The Balaban J connectivity index is 1.72. The highest BCUT2D eigenvalue weighted by atomic mass is 16.6. The van der Waals surface area contributed by atoms with Crippen LogP contribution in [0.15, 0.2) is 6.20 Å². The molecule has 2 aliphatic heterocycles. The summed E-state index contributed by atoms with van der Waals surface area (Å²) < 4.78 is 7.47. The van der Waals surface area contributed by atoms with Gasteiger partial charge in [-0.25, -0.2) is 4.79 Å². The molecule has 6 heteroatoms. The minimum atomic E-state index is -0.265. The smallest absolute Gasteiger partial charge is 0.410 e. The van der Waals surface area contributed by atoms with Crippen LogP contribution in [0, 0.1) is 6.92 Å². The van der Waals surface area contributed by atoms with Crippen LogP contribution in [-0.2, 0) is 18.3 Å². The zero-order valence-corrected chi connectivity index (χ0v) is 11.5. The molecule has 1 spiro atoms. The van der Waals surface area contributed by atoms with Crippen molar-refractivity contribution in [2.75, 3.05) is 19.6 Å². The van der Waals surface area contributed by atoms with Gasteiger partial charge in [0.05, 0.1) is 19.3 Å². The summed E-state index contributed by atoms with van der Waals surface area (Å²) in [4.78, 5) is 13.8. The van der Waals surface area contributed by atoms with E-state index in [0.717, 1.165) is 37.2 Å². The number of aryl methyl sites for hydroxylation is 1. The molecule has 0 aliphatic carbocycles. The third-order valence-electron chi connectivity index (χ3n) is 4.25. The highest BCUT2D eigenvalue weighted by Gasteiger charge is 2.45. The third kappa shape index (κ3) is 2.20. The van der Waals surface area contributed by atoms with Gasteiger partial charge in [0, 0.05) is 31.1 Å². The molecule has 2 fully saturated rings. The lowest BCUT2D eigenvalue weighted by Gasteiger charge is -2.31. The molecule has 0 radical (unpaired) electrons. The minimum absolute atomic E-state index is 0.190. The lowest BCUT2D eigenvalue weighted by molar-refractivity contribution is 0.0316. The van der Waals surface area contributed by atoms with E-state index >= 15 is 0 Å². The largest absolute Gasteiger partial charge is 0.441 e. The average Bonchev–Trinajstić information content (AvgIpc) is 2.86. The topological polar surface area (TPSA) is 59.4 Å². The van der Waals surface area contributed by atoms with Gasteiger partial charge in [-0.15, -0.1) is 0 Å². The maximum absolute atomic E-state index is 12.0. The summed E-state index contributed by atoms with van der Waals surface area (Å²) in [5.74, 6) is 0. The summed E-state index contributed by atoms with van der Waals surface area (Å²) in [7, 11) is 1.91. The molecule has 3 heterocycles. The van der Waals surface area contributed by atoms with E-state index in [1.165, 1.54) is 0 Å². The fourth-order valence-corrected chi connectivity index (χ4v) is 2.86. The monoisotopic (exact) mass is 264 g/mol. The number of hydrogen-bond acceptors (Lipinski definition) is 4. The Morgan fingerprint density at radius 1 is 1.47 bits per heavy atom. The van der Waals surface area contributed by atoms with Crippen LogP contribution in [0.3, 0.4) is 0 Å². The molecule has 0 bridgehead atoms. The molecular weight excluding hydrogens is 244 g/mol. The number of carbonyl (C=O) groups is 1. The molecule has 3 rings (SSSR count). The van der Waals surface area contributed by atoms with E-state index in [2.05, 4.69) is 10.4 Å². The van der Waals surface area contributed by atoms with Crippen LogP contribution in [0.1, 0.15) is 24.1 Å². The van der Waals surface area contributed by atoms with Crippen LogP contribution in [0.25, 0.3) is 0 Å². The molecule has 1 aromatic rings. The summed E-state index contributed by atoms with van der Waals surface area (Å²) in [5.41, 5.74) is 1.92. The first-order valence-electron chi connectivity index (χ1n) is 6.76. The van der Waals surface area contributed by atoms with Gasteiger partial charge in [0.15, 0.2) is 0 Å². The zero-order valence-electron chi connectivity index (χ0n) is 11.5. The SMILES string of the molecule is Cc1c(CN2CC3(CCNCC3)OC2=O)cnn1C. The first kappa shape index (κ1) is 12.5. The molecular formula is C13H20N4O2. The minimum Gasteiger partial charge on any atom is -0.441 e. The van der Waals surface area contributed by atoms with Gasteiger partial charge in [-0.1, -0.05) is 0 Å². The quantitative estimate of drug-likeness (QED) is 0.858. The summed E-state index contributed by atoms with van der Waals surface area (Å²) in [6.07, 6.45) is 3.45. The van der Waals surface area contributed by atoms with Crippen molar-refractivity contribution in [1.29, 1.82) is 0 Å². The second-order valence-electron chi connectivity index (χ2n) is 5.54. The normalized spacial score (nSPS) is 22.0. The van der Waals surface area contributed by atoms with Crippen molar-refractivity contribution in [2.45, 2.75) is 31.9 Å². The first-order valence-corrected chi connectivity index (χ1v) is 6.76. The van der Waals surface area contributed by atoms with Crippen LogP contribution in [0.2, 0.25) is 0 Å². The number of ether oxygens (including phenoxy) is 1. The number of hydrogen-bond donors (Lipinski definition) is 1. The molecule has 0 saturated carbocycles. The van der Waals surface area contributed by atoms with Gasteiger partial charge in [0.2, 0.25) is 0 Å². The van der Waals surface area contributed by atoms with Crippen LogP contribution in [0.4, 0.5) is 4.79 Å². The van der Waals surface area contributed by atoms with E-state index in [4.69, 9.17) is 4.74 Å². The fraction of sp³-hybridized carbons (Fsp3) is 0.692. The molecule has 1 amide bonds. The van der Waals surface area contributed by atoms with Crippen LogP contribution >= 0.6 is 0 Å². The molecule has 104 valence electrons. The van der Waals surface area contributed by atoms with E-state index in [1.807, 2.05) is 24.9 Å². The molecule has 19 heavy (non-hydrogen) atoms. The maximum Gasteiger partial charge on any atom is 0.410 e. The molecule has 1 N–H and O–H groups in total. The van der Waals surface area contributed by atoms with Gasteiger partial charge < -0.3 is 10.1 Å². The average molecular weight is 264 g/mol. The van der Waals surface area contributed by atoms with Crippen LogP contribution < -0.4 is 5.32 Å². The van der Waals surface area contributed by atoms with Gasteiger partial charge in [-0.2, -0.15) is 5.10 Å². The molecule has 6 nitrogen and oxygen atoms in total. The van der Waals surface area contributed by atoms with E-state index in [0.29, 0.717) is 13.1 Å². The Morgan fingerprint density at radius 3 is 2.84 bits per heavy atom. The highest BCUT2D eigenvalue weighted by Crippen LogP contribution is 2.32. The lowest BCUT2D eigenvalue weighted by atomic mass is 9.92. The summed E-state index contributed by atoms with van der Waals surface area (Å²) in [6.45, 7) is 5.15. The number of amides is 1. The number of piperidine rings is 1. The van der Waals surface area contributed by atoms with Crippen molar-refractivity contribution in [3.05, 3.63) is 17.5 Å². The van der Waals surface area contributed by atoms with Gasteiger partial charge in [0.1, 0.15) is 5.60 Å². The highest BCUT2D eigenvalue weighted by molar-refractivity contribution is 5.70. The summed E-state index contributed by atoms with van der Waals surface area (Å²) in [6, 6.07) is 0. The van der Waals surface area contributed by atoms with Crippen molar-refractivity contribution in [1.82, 2.24) is 20.0 Å². The van der Waals surface area contributed by atoms with E-state index in [9.17, 15) is 4.79 Å². The van der Waals surface area contributed by atoms with E-state index in [-0.39, 0.29) is 11.7 Å². The maximum atomic E-state index is 12.0. The van der Waals surface area contributed by atoms with Gasteiger partial charge in [0.25, 0.3) is 0 Å². The van der Waals surface area contributed by atoms with Gasteiger partial charge >= 0.3 is 6.09 Å². The van der Waals surface area contributed by atoms with Gasteiger partial charge in [-0.05, 0) is 20.0 Å². The van der Waals surface area contributed by atoms with Crippen molar-refractivity contribution in [2.24, 2.45) is 7.05 Å². The predicted octanol–water partition coefficient (Wildman–Crippen LogP) is 0.803. The van der Waals surface area contributed by atoms with E-state index < -0.39 is 0 Å². The molecule has 1 aromatic heterocycles. The lowest BCUT2D eigenvalue weighted by Crippen LogP contribution is -2.44. The van der Waals surface area contributed by atoms with Crippen molar-refractivity contribution >= 4 is 6.09 Å². The molecule has 0 atom stereocenters. The van der Waals surface area contributed by atoms with Crippen LogP contribution in [0.5, 0.6) is 0 Å². The number of nitrogens with one attached hydrogen (secondary N) is 1. The number of rotatable bonds is 2. The van der Waals surface area contributed by atoms with E-state index in [1.54, 1.807) is 4.90 Å². The second kappa shape index (κ2) is 4.52. The Morgan fingerprint density at radius 2 is 2.21 bits per heavy atom. The Hall–Kier alpha value is -1.56. The Labute approximate surface area is 112 Å². The van der Waals surface area contributed by atoms with Crippen molar-refractivity contribution < 1.29 is 9.53 Å². The number of carbonyl (C=O) groups excluding carboxylic acids is 1. The summed E-state index contributed by atoms with van der Waals surface area (Å²) in [5, 5.41) is 7.52.